The number of hydrogen-bond acceptors (Lipinski definition) is 6. The lowest BCUT2D eigenvalue weighted by Gasteiger charge is -2.19. The molecule has 8 nitrogen and oxygen atoms in total. The Morgan fingerprint density at radius 1 is 1.16 bits per heavy atom. The normalized spacial score (nSPS) is 12.0. The average molecular weight is 352 g/mol. The van der Waals surface area contributed by atoms with Crippen LogP contribution >= 0.6 is 0 Å². The zero-order valence-electron chi connectivity index (χ0n) is 14.8. The number of nitrogens with one attached hydrogen (secondary N) is 2. The number of esters is 1. The van der Waals surface area contributed by atoms with Gasteiger partial charge in [0.15, 0.2) is 6.04 Å². The molecule has 0 aromatic heterocycles. The maximum Gasteiger partial charge on any atom is 0.407 e. The van der Waals surface area contributed by atoms with Crippen molar-refractivity contribution >= 4 is 18.0 Å². The molecule has 0 aliphatic heterocycles. The minimum Gasteiger partial charge on any atom is -0.467 e. The van der Waals surface area contributed by atoms with E-state index in [2.05, 4.69) is 15.4 Å². The van der Waals surface area contributed by atoms with Crippen molar-refractivity contribution in [3.05, 3.63) is 35.4 Å². The molecule has 0 fully saturated rings. The van der Waals surface area contributed by atoms with Crippen molar-refractivity contribution in [2.24, 2.45) is 0 Å². The zero-order valence-corrected chi connectivity index (χ0v) is 14.8. The smallest absolute Gasteiger partial charge is 0.407 e. The van der Waals surface area contributed by atoms with Gasteiger partial charge in [-0.15, -0.1) is 0 Å². The van der Waals surface area contributed by atoms with Crippen LogP contribution in [0, 0.1) is 0 Å². The summed E-state index contributed by atoms with van der Waals surface area (Å²) in [6.07, 6.45) is -0.529. The molecule has 0 saturated heterocycles. The summed E-state index contributed by atoms with van der Waals surface area (Å²) in [6, 6.07) is 5.31. The topological polar surface area (TPSA) is 114 Å². The Labute approximate surface area is 146 Å². The second kappa shape index (κ2) is 9.03. The second-order valence-corrected chi connectivity index (χ2v) is 6.28. The number of hydrogen-bond donors (Lipinski definition) is 3. The molecule has 0 aliphatic rings. The summed E-state index contributed by atoms with van der Waals surface area (Å²) < 4.78 is 9.61. The van der Waals surface area contributed by atoms with Crippen molar-refractivity contribution in [3.8, 4) is 0 Å². The molecule has 1 rings (SSSR count). The summed E-state index contributed by atoms with van der Waals surface area (Å²) in [7, 11) is 1.17. The lowest BCUT2D eigenvalue weighted by atomic mass is 10.1. The molecule has 0 aliphatic carbocycles. The molecule has 0 bridgehead atoms. The summed E-state index contributed by atoms with van der Waals surface area (Å²) in [5.74, 6) is -1.25. The monoisotopic (exact) mass is 352 g/mol. The van der Waals surface area contributed by atoms with Crippen molar-refractivity contribution in [2.45, 2.75) is 39.0 Å². The van der Waals surface area contributed by atoms with Crippen LogP contribution in [0.2, 0.25) is 0 Å². The third-order valence-electron chi connectivity index (χ3n) is 3.03. The van der Waals surface area contributed by atoms with Crippen LogP contribution in [-0.2, 0) is 20.8 Å². The molecule has 8 heteroatoms. The first-order chi connectivity index (χ1) is 11.7. The molecule has 0 unspecified atom stereocenters. The number of amides is 2. The Morgan fingerprint density at radius 3 is 2.24 bits per heavy atom. The minimum absolute atomic E-state index is 0.248. The van der Waals surface area contributed by atoms with Crippen molar-refractivity contribution in [1.82, 2.24) is 10.6 Å². The van der Waals surface area contributed by atoms with Crippen LogP contribution in [-0.4, -0.2) is 48.4 Å². The molecule has 1 aromatic carbocycles. The molecular formula is C17H24N2O6. The summed E-state index contributed by atoms with van der Waals surface area (Å²) in [6.45, 7) is 5.00. The van der Waals surface area contributed by atoms with Crippen LogP contribution < -0.4 is 10.6 Å². The van der Waals surface area contributed by atoms with Gasteiger partial charge in [0, 0.05) is 12.1 Å². The first-order valence-electron chi connectivity index (χ1n) is 7.71. The van der Waals surface area contributed by atoms with Gasteiger partial charge in [-0.1, -0.05) is 12.1 Å². The third kappa shape index (κ3) is 7.21. The Hall–Kier alpha value is -2.61. The summed E-state index contributed by atoms with van der Waals surface area (Å²) in [4.78, 5) is 35.0. The van der Waals surface area contributed by atoms with Gasteiger partial charge in [-0.2, -0.15) is 0 Å². The van der Waals surface area contributed by atoms with E-state index in [1.165, 1.54) is 7.11 Å². The van der Waals surface area contributed by atoms with E-state index >= 15 is 0 Å². The number of carbonyl (C=O) groups is 3. The summed E-state index contributed by atoms with van der Waals surface area (Å²) >= 11 is 0. The third-order valence-corrected chi connectivity index (χ3v) is 3.03. The molecule has 1 atom stereocenters. The number of benzene rings is 1. The fourth-order valence-electron chi connectivity index (χ4n) is 1.83. The van der Waals surface area contributed by atoms with Crippen molar-refractivity contribution in [1.29, 1.82) is 0 Å². The number of rotatable bonds is 6. The van der Waals surface area contributed by atoms with E-state index in [1.54, 1.807) is 45.0 Å². The predicted molar refractivity (Wildman–Crippen MR) is 89.9 cm³/mol. The summed E-state index contributed by atoms with van der Waals surface area (Å²) in [5, 5.41) is 14.1. The highest BCUT2D eigenvalue weighted by atomic mass is 16.6. The highest BCUT2D eigenvalue weighted by Crippen LogP contribution is 2.08. The molecule has 1 aromatic rings. The number of carbonyl (C=O) groups excluding carboxylic acids is 3. The molecule has 0 saturated carbocycles. The SMILES string of the molecule is COC(=O)[C@@H](CO)NC(=O)c1ccc(CNC(=O)OC(C)(C)C)cc1. The quantitative estimate of drug-likeness (QED) is 0.658. The van der Waals surface area contributed by atoms with Crippen LogP contribution in [0.5, 0.6) is 0 Å². The Bertz CT molecular complexity index is 607. The van der Waals surface area contributed by atoms with Crippen LogP contribution in [0.1, 0.15) is 36.7 Å². The minimum atomic E-state index is -1.12. The lowest BCUT2D eigenvalue weighted by molar-refractivity contribution is -0.143. The van der Waals surface area contributed by atoms with E-state index in [0.717, 1.165) is 5.56 Å². The fourth-order valence-corrected chi connectivity index (χ4v) is 1.83. The molecule has 0 radical (unpaired) electrons. The molecular weight excluding hydrogens is 328 g/mol. The largest absolute Gasteiger partial charge is 0.467 e. The van der Waals surface area contributed by atoms with E-state index in [0.29, 0.717) is 5.56 Å². The Morgan fingerprint density at radius 2 is 1.76 bits per heavy atom. The number of alkyl carbamates (subject to hydrolysis) is 1. The van der Waals surface area contributed by atoms with Gasteiger partial charge in [-0.3, -0.25) is 4.79 Å². The Kier molecular flexibility index (Phi) is 7.38. The number of ether oxygens (including phenoxy) is 2. The van der Waals surface area contributed by atoms with E-state index in [1.807, 2.05) is 0 Å². The highest BCUT2D eigenvalue weighted by molar-refractivity contribution is 5.96. The molecule has 2 amide bonds. The molecule has 138 valence electrons. The summed E-state index contributed by atoms with van der Waals surface area (Å²) in [5.41, 5.74) is 0.506. The standard InChI is InChI=1S/C17H24N2O6/c1-17(2,3)25-16(23)18-9-11-5-7-12(8-6-11)14(21)19-13(10-20)15(22)24-4/h5-8,13,20H,9-10H2,1-4H3,(H,18,23)(H,19,21)/t13-/m1/s1. The van der Waals surface area contributed by atoms with Crippen LogP contribution in [0.3, 0.4) is 0 Å². The predicted octanol–water partition coefficient (Wildman–Crippen LogP) is 0.975. The van der Waals surface area contributed by atoms with E-state index < -0.39 is 36.2 Å². The van der Waals surface area contributed by atoms with Gasteiger partial charge in [0.2, 0.25) is 0 Å². The Balaban J connectivity index is 2.59. The molecule has 0 heterocycles. The maximum absolute atomic E-state index is 12.0. The lowest BCUT2D eigenvalue weighted by Crippen LogP contribution is -2.44. The highest BCUT2D eigenvalue weighted by Gasteiger charge is 2.21. The number of methoxy groups -OCH3 is 1. The van der Waals surface area contributed by atoms with Gasteiger partial charge in [-0.25, -0.2) is 9.59 Å². The van der Waals surface area contributed by atoms with Gasteiger partial charge in [-0.05, 0) is 38.5 Å². The zero-order chi connectivity index (χ0) is 19.0. The van der Waals surface area contributed by atoms with E-state index in [9.17, 15) is 14.4 Å². The first-order valence-corrected chi connectivity index (χ1v) is 7.71. The van der Waals surface area contributed by atoms with Gasteiger partial charge >= 0.3 is 12.1 Å². The molecule has 25 heavy (non-hydrogen) atoms. The maximum atomic E-state index is 12.0. The van der Waals surface area contributed by atoms with Crippen LogP contribution in [0.15, 0.2) is 24.3 Å². The van der Waals surface area contributed by atoms with Crippen LogP contribution in [0.4, 0.5) is 4.79 Å². The van der Waals surface area contributed by atoms with Gasteiger partial charge < -0.3 is 25.2 Å². The second-order valence-electron chi connectivity index (χ2n) is 6.28. The van der Waals surface area contributed by atoms with E-state index in [-0.39, 0.29) is 6.54 Å². The van der Waals surface area contributed by atoms with Gasteiger partial charge in [0.1, 0.15) is 5.60 Å². The van der Waals surface area contributed by atoms with Gasteiger partial charge in [0.25, 0.3) is 5.91 Å². The molecule has 0 spiro atoms. The van der Waals surface area contributed by atoms with Crippen molar-refractivity contribution in [2.75, 3.05) is 13.7 Å². The number of aliphatic hydroxyl groups excluding tert-OH is 1. The van der Waals surface area contributed by atoms with Crippen molar-refractivity contribution in [3.63, 3.8) is 0 Å². The number of aliphatic hydroxyl groups is 1. The van der Waals surface area contributed by atoms with Crippen molar-refractivity contribution < 1.29 is 29.0 Å². The fraction of sp³-hybridized carbons (Fsp3) is 0.471. The van der Waals surface area contributed by atoms with Gasteiger partial charge in [0.05, 0.1) is 13.7 Å². The first kappa shape index (κ1) is 20.4. The average Bonchev–Trinajstić information content (AvgIpc) is 2.55. The molecule has 3 N–H and O–H groups in total. The van der Waals surface area contributed by atoms with Crippen LogP contribution in [0.25, 0.3) is 0 Å². The van der Waals surface area contributed by atoms with E-state index in [4.69, 9.17) is 9.84 Å².